The summed E-state index contributed by atoms with van der Waals surface area (Å²) in [5.41, 5.74) is 2.66. The molecular formula is C17H18O4. The summed E-state index contributed by atoms with van der Waals surface area (Å²) < 4.78 is 5.28. The van der Waals surface area contributed by atoms with Gasteiger partial charge in [0.15, 0.2) is 5.78 Å². The Morgan fingerprint density at radius 2 is 1.62 bits per heavy atom. The summed E-state index contributed by atoms with van der Waals surface area (Å²) in [5, 5.41) is 19.6. The first-order valence-corrected chi connectivity index (χ1v) is 6.58. The Morgan fingerprint density at radius 3 is 2.14 bits per heavy atom. The molecule has 0 aliphatic carbocycles. The molecule has 0 saturated heterocycles. The molecule has 2 aromatic carbocycles. The molecule has 4 heteroatoms. The lowest BCUT2D eigenvalue weighted by Crippen LogP contribution is -2.04. The molecule has 2 rings (SSSR count). The third-order valence-electron chi connectivity index (χ3n) is 3.57. The molecule has 0 aliphatic rings. The van der Waals surface area contributed by atoms with Crippen molar-refractivity contribution < 1.29 is 19.7 Å². The van der Waals surface area contributed by atoms with Crippen LogP contribution in [0, 0.1) is 20.8 Å². The lowest BCUT2D eigenvalue weighted by Gasteiger charge is -2.12. The molecule has 0 amide bonds. The Balaban J connectivity index is 2.53. The number of ether oxygens (including phenoxy) is 1. The summed E-state index contributed by atoms with van der Waals surface area (Å²) in [4.78, 5) is 12.6. The number of carbonyl (C=O) groups excluding carboxylic acids is 1. The number of rotatable bonds is 3. The molecule has 0 radical (unpaired) electrons. The van der Waals surface area contributed by atoms with Gasteiger partial charge in [-0.05, 0) is 56.2 Å². The maximum absolute atomic E-state index is 12.6. The van der Waals surface area contributed by atoms with Gasteiger partial charge in [-0.2, -0.15) is 0 Å². The van der Waals surface area contributed by atoms with E-state index >= 15 is 0 Å². The van der Waals surface area contributed by atoms with Crippen LogP contribution in [0.4, 0.5) is 0 Å². The van der Waals surface area contributed by atoms with Crippen molar-refractivity contribution >= 4 is 5.78 Å². The normalized spacial score (nSPS) is 10.5. The third kappa shape index (κ3) is 2.57. The van der Waals surface area contributed by atoms with Crippen LogP contribution in [-0.2, 0) is 0 Å². The van der Waals surface area contributed by atoms with Crippen molar-refractivity contribution in [3.63, 3.8) is 0 Å². The zero-order chi connectivity index (χ0) is 15.7. The molecule has 21 heavy (non-hydrogen) atoms. The van der Waals surface area contributed by atoms with Crippen LogP contribution < -0.4 is 4.74 Å². The number of phenolic OH excluding ortho intramolecular Hbond substituents is 2. The van der Waals surface area contributed by atoms with Crippen molar-refractivity contribution in [2.45, 2.75) is 20.8 Å². The van der Waals surface area contributed by atoms with Gasteiger partial charge in [-0.1, -0.05) is 0 Å². The minimum Gasteiger partial charge on any atom is -0.508 e. The van der Waals surface area contributed by atoms with E-state index in [9.17, 15) is 15.0 Å². The number of benzene rings is 2. The molecule has 0 heterocycles. The first-order valence-electron chi connectivity index (χ1n) is 6.58. The molecule has 0 saturated carbocycles. The van der Waals surface area contributed by atoms with E-state index in [4.69, 9.17) is 4.74 Å². The molecule has 0 aliphatic heterocycles. The minimum absolute atomic E-state index is 0.0360. The number of methoxy groups -OCH3 is 1. The second-order valence-corrected chi connectivity index (χ2v) is 5.08. The van der Waals surface area contributed by atoms with Crippen LogP contribution in [0.3, 0.4) is 0 Å². The van der Waals surface area contributed by atoms with Crippen LogP contribution in [0.5, 0.6) is 17.2 Å². The first kappa shape index (κ1) is 14.9. The maximum atomic E-state index is 12.6. The van der Waals surface area contributed by atoms with Gasteiger partial charge in [0.25, 0.3) is 0 Å². The van der Waals surface area contributed by atoms with E-state index in [1.807, 2.05) is 13.8 Å². The highest BCUT2D eigenvalue weighted by Crippen LogP contribution is 2.32. The Labute approximate surface area is 123 Å². The van der Waals surface area contributed by atoms with Crippen LogP contribution in [-0.4, -0.2) is 23.1 Å². The van der Waals surface area contributed by atoms with Crippen molar-refractivity contribution in [2.75, 3.05) is 7.11 Å². The van der Waals surface area contributed by atoms with Gasteiger partial charge in [-0.3, -0.25) is 4.79 Å². The number of ketones is 1. The zero-order valence-electron chi connectivity index (χ0n) is 12.5. The van der Waals surface area contributed by atoms with E-state index in [-0.39, 0.29) is 22.8 Å². The molecule has 0 atom stereocenters. The second-order valence-electron chi connectivity index (χ2n) is 5.08. The molecule has 110 valence electrons. The van der Waals surface area contributed by atoms with Crippen molar-refractivity contribution in [3.8, 4) is 17.2 Å². The predicted octanol–water partition coefficient (Wildman–Crippen LogP) is 3.26. The molecule has 0 bridgehead atoms. The van der Waals surface area contributed by atoms with Crippen LogP contribution >= 0.6 is 0 Å². The van der Waals surface area contributed by atoms with Gasteiger partial charge in [0, 0.05) is 11.1 Å². The summed E-state index contributed by atoms with van der Waals surface area (Å²) >= 11 is 0. The number of carbonyl (C=O) groups is 1. The topological polar surface area (TPSA) is 66.8 Å². The van der Waals surface area contributed by atoms with Crippen LogP contribution in [0.1, 0.15) is 32.6 Å². The molecule has 0 unspecified atom stereocenters. The van der Waals surface area contributed by atoms with Gasteiger partial charge >= 0.3 is 0 Å². The van der Waals surface area contributed by atoms with Crippen LogP contribution in [0.15, 0.2) is 24.3 Å². The number of phenols is 2. The Hall–Kier alpha value is -2.49. The van der Waals surface area contributed by atoms with E-state index in [0.29, 0.717) is 11.1 Å². The summed E-state index contributed by atoms with van der Waals surface area (Å²) in [6.07, 6.45) is 0. The first-order chi connectivity index (χ1) is 9.86. The van der Waals surface area contributed by atoms with E-state index in [2.05, 4.69) is 0 Å². The van der Waals surface area contributed by atoms with Gasteiger partial charge in [-0.15, -0.1) is 0 Å². The number of aromatic hydroxyl groups is 2. The highest BCUT2D eigenvalue weighted by Gasteiger charge is 2.18. The van der Waals surface area contributed by atoms with Gasteiger partial charge in [0.1, 0.15) is 17.2 Å². The van der Waals surface area contributed by atoms with Crippen LogP contribution in [0.25, 0.3) is 0 Å². The largest absolute Gasteiger partial charge is 0.508 e. The van der Waals surface area contributed by atoms with E-state index < -0.39 is 0 Å². The molecule has 2 N–H and O–H groups in total. The molecule has 2 aromatic rings. The zero-order valence-corrected chi connectivity index (χ0v) is 12.5. The quantitative estimate of drug-likeness (QED) is 0.850. The summed E-state index contributed by atoms with van der Waals surface area (Å²) in [6, 6.07) is 6.30. The molecule has 4 nitrogen and oxygen atoms in total. The monoisotopic (exact) mass is 286 g/mol. The Bertz CT molecular complexity index is 694. The fourth-order valence-corrected chi connectivity index (χ4v) is 2.43. The van der Waals surface area contributed by atoms with Gasteiger partial charge in [0.2, 0.25) is 0 Å². The third-order valence-corrected chi connectivity index (χ3v) is 3.57. The number of hydrogen-bond acceptors (Lipinski definition) is 4. The Morgan fingerprint density at radius 1 is 1.05 bits per heavy atom. The lowest BCUT2D eigenvalue weighted by atomic mass is 9.96. The highest BCUT2D eigenvalue weighted by atomic mass is 16.5. The average molecular weight is 286 g/mol. The fraction of sp³-hybridized carbons (Fsp3) is 0.235. The molecular weight excluding hydrogens is 268 g/mol. The van der Waals surface area contributed by atoms with E-state index in [0.717, 1.165) is 16.9 Å². The van der Waals surface area contributed by atoms with Crippen LogP contribution in [0.2, 0.25) is 0 Å². The average Bonchev–Trinajstić information content (AvgIpc) is 2.44. The smallest absolute Gasteiger partial charge is 0.196 e. The SMILES string of the molecule is COc1c(C)cc(C(=O)c2ccc(O)c(C)c2O)cc1C. The standard InChI is InChI=1S/C17H18O4/c1-9-7-12(8-10(2)17(9)21-4)16(20)13-5-6-14(18)11(3)15(13)19/h5-8,18-19H,1-4H3. The Kier molecular flexibility index (Phi) is 3.89. The maximum Gasteiger partial charge on any atom is 0.196 e. The van der Waals surface area contributed by atoms with Crippen molar-refractivity contribution in [1.29, 1.82) is 0 Å². The fourth-order valence-electron chi connectivity index (χ4n) is 2.43. The van der Waals surface area contributed by atoms with Gasteiger partial charge in [0.05, 0.1) is 12.7 Å². The van der Waals surface area contributed by atoms with E-state index in [1.165, 1.54) is 12.1 Å². The van der Waals surface area contributed by atoms with E-state index in [1.54, 1.807) is 26.2 Å². The van der Waals surface area contributed by atoms with Gasteiger partial charge in [-0.25, -0.2) is 0 Å². The number of hydrogen-bond donors (Lipinski definition) is 2. The molecule has 0 fully saturated rings. The number of aryl methyl sites for hydroxylation is 2. The highest BCUT2D eigenvalue weighted by molar-refractivity contribution is 6.11. The van der Waals surface area contributed by atoms with Crippen molar-refractivity contribution in [1.82, 2.24) is 0 Å². The van der Waals surface area contributed by atoms with Crippen molar-refractivity contribution in [2.24, 2.45) is 0 Å². The molecule has 0 spiro atoms. The molecule has 0 aromatic heterocycles. The van der Waals surface area contributed by atoms with Gasteiger partial charge < -0.3 is 14.9 Å². The van der Waals surface area contributed by atoms with Crippen molar-refractivity contribution in [3.05, 3.63) is 52.1 Å². The predicted molar refractivity (Wildman–Crippen MR) is 80.4 cm³/mol. The summed E-state index contributed by atoms with van der Waals surface area (Å²) in [5.74, 6) is 0.236. The minimum atomic E-state index is -0.288. The summed E-state index contributed by atoms with van der Waals surface area (Å²) in [6.45, 7) is 5.29. The second kappa shape index (κ2) is 5.48. The summed E-state index contributed by atoms with van der Waals surface area (Å²) in [7, 11) is 1.59. The lowest BCUT2D eigenvalue weighted by molar-refractivity contribution is 0.103.